The van der Waals surface area contributed by atoms with Crippen LogP contribution in [0.15, 0.2) is 36.4 Å². The average molecular weight is 259 g/mol. The zero-order valence-electron chi connectivity index (χ0n) is 10.1. The van der Waals surface area contributed by atoms with Crippen molar-refractivity contribution in [3.63, 3.8) is 0 Å². The van der Waals surface area contributed by atoms with Crippen LogP contribution in [0, 0.1) is 0 Å². The Labute approximate surface area is 112 Å². The van der Waals surface area contributed by atoms with Crippen molar-refractivity contribution in [2.75, 3.05) is 5.32 Å². The summed E-state index contributed by atoms with van der Waals surface area (Å²) in [5.41, 5.74) is 3.88. The molecule has 0 unspecified atom stereocenters. The molecule has 0 atom stereocenters. The van der Waals surface area contributed by atoms with Crippen LogP contribution >= 0.6 is 11.6 Å². The summed E-state index contributed by atoms with van der Waals surface area (Å²) in [6.07, 6.45) is 3.54. The molecule has 92 valence electrons. The van der Waals surface area contributed by atoms with Gasteiger partial charge in [0.2, 0.25) is 0 Å². The molecule has 0 saturated carbocycles. The molecule has 1 aromatic heterocycles. The third kappa shape index (κ3) is 2.49. The number of benzene rings is 1. The number of anilines is 1. The minimum atomic E-state index is 0.773. The normalized spacial score (nSPS) is 13.4. The number of hydrogen-bond donors (Lipinski definition) is 1. The minimum Gasteiger partial charge on any atom is -0.366 e. The van der Waals surface area contributed by atoms with Crippen molar-refractivity contribution in [3.8, 4) is 0 Å². The van der Waals surface area contributed by atoms with Crippen molar-refractivity contribution < 1.29 is 0 Å². The summed E-state index contributed by atoms with van der Waals surface area (Å²) in [7, 11) is 0. The monoisotopic (exact) mass is 258 g/mol. The van der Waals surface area contributed by atoms with Crippen LogP contribution in [0.25, 0.3) is 0 Å². The third-order valence-corrected chi connectivity index (χ3v) is 3.57. The fourth-order valence-electron chi connectivity index (χ4n) is 2.31. The second kappa shape index (κ2) is 4.99. The molecule has 0 radical (unpaired) electrons. The molecule has 1 heterocycles. The van der Waals surface area contributed by atoms with E-state index in [1.807, 2.05) is 24.3 Å². The van der Waals surface area contributed by atoms with E-state index in [0.29, 0.717) is 0 Å². The zero-order valence-corrected chi connectivity index (χ0v) is 10.9. The first kappa shape index (κ1) is 11.5. The Hall–Kier alpha value is -1.54. The van der Waals surface area contributed by atoms with E-state index >= 15 is 0 Å². The van der Waals surface area contributed by atoms with Crippen molar-refractivity contribution in [3.05, 3.63) is 58.2 Å². The maximum atomic E-state index is 5.86. The summed E-state index contributed by atoms with van der Waals surface area (Å²) in [5, 5.41) is 4.13. The summed E-state index contributed by atoms with van der Waals surface area (Å²) in [5.74, 6) is 0.964. The van der Waals surface area contributed by atoms with Gasteiger partial charge in [-0.25, -0.2) is 4.98 Å². The number of nitrogens with one attached hydrogen (secondary N) is 1. The topological polar surface area (TPSA) is 24.9 Å². The van der Waals surface area contributed by atoms with E-state index in [-0.39, 0.29) is 0 Å². The summed E-state index contributed by atoms with van der Waals surface area (Å²) in [6, 6.07) is 12.1. The summed E-state index contributed by atoms with van der Waals surface area (Å²) < 4.78 is 0. The second-order valence-corrected chi connectivity index (χ2v) is 5.07. The molecular formula is C15H15ClN2. The third-order valence-electron chi connectivity index (χ3n) is 3.32. The molecule has 1 aliphatic rings. The van der Waals surface area contributed by atoms with Gasteiger partial charge >= 0.3 is 0 Å². The van der Waals surface area contributed by atoms with E-state index < -0.39 is 0 Å². The number of hydrogen-bond acceptors (Lipinski definition) is 2. The van der Waals surface area contributed by atoms with E-state index in [1.54, 1.807) is 0 Å². The summed E-state index contributed by atoms with van der Waals surface area (Å²) in [6.45, 7) is 0.781. The lowest BCUT2D eigenvalue weighted by atomic mass is 10.2. The molecule has 18 heavy (non-hydrogen) atoms. The lowest BCUT2D eigenvalue weighted by Crippen LogP contribution is -2.02. The van der Waals surface area contributed by atoms with E-state index in [0.717, 1.165) is 23.8 Å². The highest BCUT2D eigenvalue weighted by Gasteiger charge is 2.12. The molecule has 0 aliphatic heterocycles. The van der Waals surface area contributed by atoms with Crippen LogP contribution in [0.2, 0.25) is 5.02 Å². The van der Waals surface area contributed by atoms with Gasteiger partial charge in [0.1, 0.15) is 5.82 Å². The number of aryl methyl sites for hydroxylation is 2. The van der Waals surface area contributed by atoms with Crippen LogP contribution in [-0.2, 0) is 19.4 Å². The molecule has 1 aromatic carbocycles. The van der Waals surface area contributed by atoms with Crippen molar-refractivity contribution in [2.24, 2.45) is 0 Å². The fourth-order valence-corrected chi connectivity index (χ4v) is 2.44. The van der Waals surface area contributed by atoms with Crippen LogP contribution in [0.4, 0.5) is 5.82 Å². The SMILES string of the molecule is Clc1ccc(CNc2ccc3c(n2)CCC3)cc1. The predicted molar refractivity (Wildman–Crippen MR) is 75.0 cm³/mol. The maximum absolute atomic E-state index is 5.86. The Morgan fingerprint density at radius 3 is 2.72 bits per heavy atom. The molecule has 2 nitrogen and oxygen atoms in total. The number of rotatable bonds is 3. The van der Waals surface area contributed by atoms with Gasteiger partial charge in [-0.15, -0.1) is 0 Å². The van der Waals surface area contributed by atoms with E-state index in [1.165, 1.54) is 29.7 Å². The van der Waals surface area contributed by atoms with E-state index in [2.05, 4.69) is 22.4 Å². The molecule has 0 saturated heterocycles. The quantitative estimate of drug-likeness (QED) is 0.905. The van der Waals surface area contributed by atoms with Gasteiger partial charge in [0.25, 0.3) is 0 Å². The molecular weight excluding hydrogens is 244 g/mol. The van der Waals surface area contributed by atoms with Gasteiger partial charge in [-0.05, 0) is 48.6 Å². The highest BCUT2D eigenvalue weighted by atomic mass is 35.5. The first-order valence-electron chi connectivity index (χ1n) is 6.28. The van der Waals surface area contributed by atoms with Gasteiger partial charge < -0.3 is 5.32 Å². The highest BCUT2D eigenvalue weighted by Crippen LogP contribution is 2.21. The van der Waals surface area contributed by atoms with Crippen LogP contribution in [0.5, 0.6) is 0 Å². The summed E-state index contributed by atoms with van der Waals surface area (Å²) >= 11 is 5.86. The lowest BCUT2D eigenvalue weighted by Gasteiger charge is -2.07. The highest BCUT2D eigenvalue weighted by molar-refractivity contribution is 6.30. The Morgan fingerprint density at radius 1 is 1.06 bits per heavy atom. The van der Waals surface area contributed by atoms with Gasteiger partial charge in [-0.3, -0.25) is 0 Å². The van der Waals surface area contributed by atoms with Gasteiger partial charge in [0, 0.05) is 17.3 Å². The Balaban J connectivity index is 1.68. The zero-order chi connectivity index (χ0) is 12.4. The van der Waals surface area contributed by atoms with Gasteiger partial charge in [0.05, 0.1) is 0 Å². The van der Waals surface area contributed by atoms with E-state index in [4.69, 9.17) is 11.6 Å². The van der Waals surface area contributed by atoms with Gasteiger partial charge in [-0.1, -0.05) is 29.8 Å². The van der Waals surface area contributed by atoms with Crippen molar-refractivity contribution >= 4 is 17.4 Å². The van der Waals surface area contributed by atoms with Crippen molar-refractivity contribution in [1.82, 2.24) is 4.98 Å². The number of pyridine rings is 1. The average Bonchev–Trinajstić information content (AvgIpc) is 2.85. The first-order valence-corrected chi connectivity index (χ1v) is 6.66. The van der Waals surface area contributed by atoms with Gasteiger partial charge in [-0.2, -0.15) is 0 Å². The first-order chi connectivity index (χ1) is 8.81. The Morgan fingerprint density at radius 2 is 1.89 bits per heavy atom. The molecule has 1 N–H and O–H groups in total. The standard InChI is InChI=1S/C15H15ClN2/c16-13-7-4-11(5-8-13)10-17-15-9-6-12-2-1-3-14(12)18-15/h4-9H,1-3,10H2,(H,17,18). The van der Waals surface area contributed by atoms with Crippen LogP contribution in [0.3, 0.4) is 0 Å². The Kier molecular flexibility index (Phi) is 3.20. The molecule has 0 bridgehead atoms. The smallest absolute Gasteiger partial charge is 0.126 e. The van der Waals surface area contributed by atoms with Crippen LogP contribution < -0.4 is 5.32 Å². The lowest BCUT2D eigenvalue weighted by molar-refractivity contribution is 0.899. The fraction of sp³-hybridized carbons (Fsp3) is 0.267. The van der Waals surface area contributed by atoms with Crippen molar-refractivity contribution in [1.29, 1.82) is 0 Å². The second-order valence-electron chi connectivity index (χ2n) is 4.64. The van der Waals surface area contributed by atoms with Crippen LogP contribution in [0.1, 0.15) is 23.2 Å². The Bertz CT molecular complexity index is 549. The molecule has 3 rings (SSSR count). The van der Waals surface area contributed by atoms with Gasteiger partial charge in [0.15, 0.2) is 0 Å². The molecule has 0 spiro atoms. The largest absolute Gasteiger partial charge is 0.366 e. The van der Waals surface area contributed by atoms with Crippen LogP contribution in [-0.4, -0.2) is 4.98 Å². The number of fused-ring (bicyclic) bond motifs is 1. The minimum absolute atomic E-state index is 0.773. The maximum Gasteiger partial charge on any atom is 0.126 e. The number of nitrogens with zero attached hydrogens (tertiary/aromatic N) is 1. The molecule has 3 heteroatoms. The molecule has 0 amide bonds. The molecule has 1 aliphatic carbocycles. The number of aromatic nitrogens is 1. The summed E-state index contributed by atoms with van der Waals surface area (Å²) in [4.78, 5) is 4.65. The predicted octanol–water partition coefficient (Wildman–Crippen LogP) is 3.84. The number of halogens is 1. The van der Waals surface area contributed by atoms with Crippen molar-refractivity contribution in [2.45, 2.75) is 25.8 Å². The van der Waals surface area contributed by atoms with E-state index in [9.17, 15) is 0 Å². The molecule has 2 aromatic rings. The molecule has 0 fully saturated rings.